The van der Waals surface area contributed by atoms with E-state index < -0.39 is 0 Å². The van der Waals surface area contributed by atoms with Gasteiger partial charge >= 0.3 is 0 Å². The standard InChI is InChI=1S/C27H30N4O2S/c1-33-24-10-4-21(5-11-24)26-14-8-23(31(26)22-6-12-25(34-2)13-7-22)9-15-27(32)29-16-3-18-30-19-17-28-20-30/h4-8,10-14,17,19-20H,3,9,15-16,18H2,1-2H3,(H,29,32). The summed E-state index contributed by atoms with van der Waals surface area (Å²) < 4.78 is 9.58. The third-order valence-corrected chi connectivity index (χ3v) is 6.50. The number of carbonyl (C=O) groups is 1. The number of benzene rings is 2. The van der Waals surface area contributed by atoms with Crippen LogP contribution in [-0.2, 0) is 17.8 Å². The van der Waals surface area contributed by atoms with Crippen LogP contribution in [0.4, 0.5) is 0 Å². The summed E-state index contributed by atoms with van der Waals surface area (Å²) in [6, 6.07) is 20.9. The summed E-state index contributed by atoms with van der Waals surface area (Å²) in [4.78, 5) is 17.8. The number of hydrogen-bond donors (Lipinski definition) is 1. The lowest BCUT2D eigenvalue weighted by Gasteiger charge is -2.15. The van der Waals surface area contributed by atoms with E-state index in [-0.39, 0.29) is 5.91 Å². The Labute approximate surface area is 205 Å². The van der Waals surface area contributed by atoms with Crippen LogP contribution in [0.25, 0.3) is 16.9 Å². The van der Waals surface area contributed by atoms with E-state index in [1.54, 1.807) is 31.4 Å². The van der Waals surface area contributed by atoms with Crippen LogP contribution in [0.15, 0.2) is 84.3 Å². The molecule has 34 heavy (non-hydrogen) atoms. The maximum absolute atomic E-state index is 12.5. The summed E-state index contributed by atoms with van der Waals surface area (Å²) in [6.45, 7) is 1.51. The maximum atomic E-state index is 12.5. The van der Waals surface area contributed by atoms with Crippen molar-refractivity contribution < 1.29 is 9.53 Å². The van der Waals surface area contributed by atoms with Gasteiger partial charge in [-0.15, -0.1) is 11.8 Å². The van der Waals surface area contributed by atoms with Crippen LogP contribution < -0.4 is 10.1 Å². The van der Waals surface area contributed by atoms with E-state index in [4.69, 9.17) is 4.74 Å². The molecule has 4 rings (SSSR count). The van der Waals surface area contributed by atoms with E-state index in [1.165, 1.54) is 4.90 Å². The molecule has 0 aliphatic carbocycles. The monoisotopic (exact) mass is 474 g/mol. The molecule has 2 heterocycles. The number of carbonyl (C=O) groups excluding carboxylic acids is 1. The largest absolute Gasteiger partial charge is 0.497 e. The Kier molecular flexibility index (Phi) is 8.09. The Morgan fingerprint density at radius 1 is 1.06 bits per heavy atom. The van der Waals surface area contributed by atoms with Crippen LogP contribution in [0.2, 0.25) is 0 Å². The number of methoxy groups -OCH3 is 1. The molecule has 0 unspecified atom stereocenters. The van der Waals surface area contributed by atoms with E-state index in [2.05, 4.69) is 69.7 Å². The summed E-state index contributed by atoms with van der Waals surface area (Å²) in [5, 5.41) is 3.04. The van der Waals surface area contributed by atoms with Gasteiger partial charge in [-0.05, 0) is 85.3 Å². The van der Waals surface area contributed by atoms with Crippen molar-refractivity contribution in [2.75, 3.05) is 19.9 Å². The minimum Gasteiger partial charge on any atom is -0.497 e. The first-order valence-electron chi connectivity index (χ1n) is 11.4. The molecule has 0 spiro atoms. The molecular weight excluding hydrogens is 444 g/mol. The topological polar surface area (TPSA) is 61.1 Å². The molecule has 0 saturated carbocycles. The fourth-order valence-corrected chi connectivity index (χ4v) is 4.34. The predicted molar refractivity (Wildman–Crippen MR) is 138 cm³/mol. The fraction of sp³-hybridized carbons (Fsp3) is 0.259. The zero-order valence-corrected chi connectivity index (χ0v) is 20.4. The molecule has 0 saturated heterocycles. The number of rotatable bonds is 11. The van der Waals surface area contributed by atoms with Crippen LogP contribution in [0.5, 0.6) is 5.75 Å². The molecule has 1 amide bonds. The van der Waals surface area contributed by atoms with E-state index >= 15 is 0 Å². The van der Waals surface area contributed by atoms with Crippen LogP contribution in [0.3, 0.4) is 0 Å². The number of aryl methyl sites for hydroxylation is 2. The maximum Gasteiger partial charge on any atom is 0.220 e. The molecule has 0 fully saturated rings. The zero-order chi connectivity index (χ0) is 23.8. The molecule has 2 aromatic heterocycles. The number of amides is 1. The number of nitrogens with one attached hydrogen (secondary N) is 1. The number of thioether (sulfide) groups is 1. The van der Waals surface area contributed by atoms with Crippen molar-refractivity contribution in [3.63, 3.8) is 0 Å². The minimum absolute atomic E-state index is 0.0714. The van der Waals surface area contributed by atoms with Crippen LogP contribution >= 0.6 is 11.8 Å². The first-order valence-corrected chi connectivity index (χ1v) is 12.6. The van der Waals surface area contributed by atoms with Crippen LogP contribution in [0, 0.1) is 0 Å². The molecule has 0 bridgehead atoms. The number of hydrogen-bond acceptors (Lipinski definition) is 4. The van der Waals surface area contributed by atoms with Gasteiger partial charge in [0.1, 0.15) is 5.75 Å². The number of ether oxygens (including phenoxy) is 1. The van der Waals surface area contributed by atoms with Crippen LogP contribution in [-0.4, -0.2) is 39.9 Å². The molecule has 4 aromatic rings. The third kappa shape index (κ3) is 5.91. The predicted octanol–water partition coefficient (Wildman–Crippen LogP) is 5.21. The van der Waals surface area contributed by atoms with Gasteiger partial charge in [-0.25, -0.2) is 4.98 Å². The van der Waals surface area contributed by atoms with Gasteiger partial charge in [0.15, 0.2) is 0 Å². The first-order chi connectivity index (χ1) is 16.7. The van der Waals surface area contributed by atoms with Gasteiger partial charge in [0.25, 0.3) is 0 Å². The first kappa shape index (κ1) is 23.7. The number of nitrogens with zero attached hydrogens (tertiary/aromatic N) is 3. The second kappa shape index (κ2) is 11.6. The summed E-state index contributed by atoms with van der Waals surface area (Å²) >= 11 is 1.73. The average molecular weight is 475 g/mol. The van der Waals surface area contributed by atoms with Crippen molar-refractivity contribution in [2.45, 2.75) is 30.7 Å². The Morgan fingerprint density at radius 3 is 2.53 bits per heavy atom. The normalized spacial score (nSPS) is 10.9. The Morgan fingerprint density at radius 2 is 1.85 bits per heavy atom. The lowest BCUT2D eigenvalue weighted by molar-refractivity contribution is -0.121. The fourth-order valence-electron chi connectivity index (χ4n) is 3.94. The van der Waals surface area contributed by atoms with E-state index in [0.29, 0.717) is 19.4 Å². The highest BCUT2D eigenvalue weighted by atomic mass is 32.2. The van der Waals surface area contributed by atoms with Gasteiger partial charge in [0, 0.05) is 48.2 Å². The number of aromatic nitrogens is 3. The summed E-state index contributed by atoms with van der Waals surface area (Å²) in [5.74, 6) is 0.901. The molecule has 7 heteroatoms. The quantitative estimate of drug-likeness (QED) is 0.239. The Bertz CT molecular complexity index is 1180. The molecule has 176 valence electrons. The van der Waals surface area contributed by atoms with Gasteiger partial charge in [0.2, 0.25) is 5.91 Å². The minimum atomic E-state index is 0.0714. The second-order valence-corrected chi connectivity index (χ2v) is 8.86. The van der Waals surface area contributed by atoms with Crippen molar-refractivity contribution in [2.24, 2.45) is 0 Å². The van der Waals surface area contributed by atoms with E-state index in [9.17, 15) is 4.79 Å². The lowest BCUT2D eigenvalue weighted by Crippen LogP contribution is -2.25. The van der Waals surface area contributed by atoms with Crippen molar-refractivity contribution in [1.82, 2.24) is 19.4 Å². The van der Waals surface area contributed by atoms with Crippen molar-refractivity contribution in [3.8, 4) is 22.7 Å². The molecule has 0 atom stereocenters. The van der Waals surface area contributed by atoms with E-state index in [1.807, 2.05) is 22.9 Å². The molecular formula is C27H30N4O2S. The van der Waals surface area contributed by atoms with Crippen LogP contribution in [0.1, 0.15) is 18.5 Å². The summed E-state index contributed by atoms with van der Waals surface area (Å²) in [5.41, 5.74) is 4.39. The highest BCUT2D eigenvalue weighted by Crippen LogP contribution is 2.29. The van der Waals surface area contributed by atoms with Gasteiger partial charge in [-0.1, -0.05) is 0 Å². The SMILES string of the molecule is COc1ccc(-c2ccc(CCC(=O)NCCCn3ccnc3)n2-c2ccc(SC)cc2)cc1. The Hall–Kier alpha value is -3.45. The number of imidazole rings is 1. The van der Waals surface area contributed by atoms with Gasteiger partial charge in [0.05, 0.1) is 19.1 Å². The van der Waals surface area contributed by atoms with E-state index in [0.717, 1.165) is 41.4 Å². The van der Waals surface area contributed by atoms with Gasteiger partial charge in [-0.3, -0.25) is 4.79 Å². The second-order valence-electron chi connectivity index (χ2n) is 7.98. The molecule has 0 aliphatic rings. The molecule has 6 nitrogen and oxygen atoms in total. The smallest absolute Gasteiger partial charge is 0.220 e. The van der Waals surface area contributed by atoms with Gasteiger partial charge in [-0.2, -0.15) is 0 Å². The molecule has 2 aromatic carbocycles. The molecule has 0 radical (unpaired) electrons. The van der Waals surface area contributed by atoms with Crippen molar-refractivity contribution in [3.05, 3.63) is 85.1 Å². The van der Waals surface area contributed by atoms with Crippen molar-refractivity contribution >= 4 is 17.7 Å². The van der Waals surface area contributed by atoms with Gasteiger partial charge < -0.3 is 19.2 Å². The van der Waals surface area contributed by atoms with Crippen molar-refractivity contribution in [1.29, 1.82) is 0 Å². The third-order valence-electron chi connectivity index (χ3n) is 5.76. The summed E-state index contributed by atoms with van der Waals surface area (Å²) in [6.07, 6.45) is 9.55. The lowest BCUT2D eigenvalue weighted by atomic mass is 10.1. The highest BCUT2D eigenvalue weighted by Gasteiger charge is 2.14. The molecule has 0 aliphatic heterocycles. The highest BCUT2D eigenvalue weighted by molar-refractivity contribution is 7.98. The average Bonchev–Trinajstić information content (AvgIpc) is 3.55. The summed E-state index contributed by atoms with van der Waals surface area (Å²) in [7, 11) is 1.67. The Balaban J connectivity index is 1.47. The zero-order valence-electron chi connectivity index (χ0n) is 19.6. The molecule has 1 N–H and O–H groups in total.